The van der Waals surface area contributed by atoms with Crippen LogP contribution in [0.15, 0.2) is 78.3 Å². The Bertz CT molecular complexity index is 1440. The van der Waals surface area contributed by atoms with Crippen molar-refractivity contribution in [3.05, 3.63) is 101 Å². The second kappa shape index (κ2) is 11.6. The number of thiophene rings is 1. The first-order chi connectivity index (χ1) is 18.5. The summed E-state index contributed by atoms with van der Waals surface area (Å²) < 4.78 is 25.6. The molecule has 1 N–H and O–H groups in total. The normalized spacial score (nSPS) is 15.1. The number of hydrazone groups is 1. The molecular formula is C28H25FN4O4S. The molecule has 8 nitrogen and oxygen atoms in total. The van der Waals surface area contributed by atoms with E-state index in [9.17, 15) is 14.3 Å². The van der Waals surface area contributed by atoms with Crippen LogP contribution in [0, 0.1) is 5.82 Å². The van der Waals surface area contributed by atoms with Crippen LogP contribution in [0.3, 0.4) is 0 Å². The van der Waals surface area contributed by atoms with Crippen molar-refractivity contribution >= 4 is 23.0 Å². The van der Waals surface area contributed by atoms with Crippen LogP contribution in [0.4, 0.5) is 4.39 Å². The summed E-state index contributed by atoms with van der Waals surface area (Å²) in [5.41, 5.74) is 2.84. The van der Waals surface area contributed by atoms with Crippen LogP contribution in [-0.2, 0) is 16.1 Å². The van der Waals surface area contributed by atoms with Gasteiger partial charge in [0.15, 0.2) is 0 Å². The molecule has 5 rings (SSSR count). The molecule has 38 heavy (non-hydrogen) atoms. The van der Waals surface area contributed by atoms with Crippen LogP contribution >= 0.6 is 11.3 Å². The molecule has 1 amide bonds. The van der Waals surface area contributed by atoms with Gasteiger partial charge in [0.25, 0.3) is 5.91 Å². The van der Waals surface area contributed by atoms with Gasteiger partial charge in [0.05, 0.1) is 52.6 Å². The van der Waals surface area contributed by atoms with Gasteiger partial charge in [-0.05, 0) is 48.0 Å². The van der Waals surface area contributed by atoms with Crippen LogP contribution in [0.25, 0.3) is 10.6 Å². The fourth-order valence-corrected chi connectivity index (χ4v) is 5.14. The lowest BCUT2D eigenvalue weighted by molar-refractivity contribution is 0.0615. The maximum absolute atomic E-state index is 15.0. The highest BCUT2D eigenvalue weighted by Gasteiger charge is 2.37. The number of phenolic OH excluding ortho intramolecular Hbond substituents is 1. The van der Waals surface area contributed by atoms with E-state index in [0.717, 1.165) is 16.1 Å². The van der Waals surface area contributed by atoms with Gasteiger partial charge in [-0.3, -0.25) is 14.8 Å². The zero-order valence-corrected chi connectivity index (χ0v) is 21.4. The van der Waals surface area contributed by atoms with Crippen molar-refractivity contribution < 1.29 is 23.8 Å². The number of methoxy groups -OCH3 is 1. The van der Waals surface area contributed by atoms with E-state index >= 15 is 0 Å². The van der Waals surface area contributed by atoms with Crippen molar-refractivity contribution in [2.75, 3.05) is 20.3 Å². The van der Waals surface area contributed by atoms with Crippen LogP contribution in [0.2, 0.25) is 0 Å². The zero-order chi connectivity index (χ0) is 26.5. The molecule has 10 heteroatoms. The van der Waals surface area contributed by atoms with Gasteiger partial charge in [0, 0.05) is 37.7 Å². The van der Waals surface area contributed by atoms with E-state index in [4.69, 9.17) is 9.47 Å². The third-order valence-electron chi connectivity index (χ3n) is 6.04. The molecule has 0 spiro atoms. The summed E-state index contributed by atoms with van der Waals surface area (Å²) in [6, 6.07) is 14.2. The van der Waals surface area contributed by atoms with Gasteiger partial charge < -0.3 is 14.6 Å². The SMILES string of the molecule is COCCOCc1cncc(C2=NN(C(=O)c3ccc(-c4ccccn4)s3)C(c3c(O)cccc3F)C2)c1. The molecule has 1 atom stereocenters. The predicted molar refractivity (Wildman–Crippen MR) is 141 cm³/mol. The summed E-state index contributed by atoms with van der Waals surface area (Å²) >= 11 is 1.28. The smallest absolute Gasteiger partial charge is 0.284 e. The highest BCUT2D eigenvalue weighted by Crippen LogP contribution is 2.40. The molecule has 1 aliphatic rings. The first-order valence-electron chi connectivity index (χ1n) is 12.0. The van der Waals surface area contributed by atoms with Gasteiger partial charge in [0.2, 0.25) is 0 Å². The summed E-state index contributed by atoms with van der Waals surface area (Å²) in [5, 5.41) is 16.4. The van der Waals surface area contributed by atoms with E-state index in [1.807, 2.05) is 30.3 Å². The Morgan fingerprint density at radius 1 is 1.16 bits per heavy atom. The number of aromatic hydroxyl groups is 1. The average molecular weight is 533 g/mol. The Balaban J connectivity index is 1.47. The third kappa shape index (κ3) is 5.47. The van der Waals surface area contributed by atoms with Gasteiger partial charge in [-0.15, -0.1) is 11.3 Å². The average Bonchev–Trinajstić information content (AvgIpc) is 3.60. The summed E-state index contributed by atoms with van der Waals surface area (Å²) in [4.78, 5) is 23.6. The number of carbonyl (C=O) groups excluding carboxylic acids is 1. The fourth-order valence-electron chi connectivity index (χ4n) is 4.22. The maximum Gasteiger partial charge on any atom is 0.284 e. The number of aromatic nitrogens is 2. The lowest BCUT2D eigenvalue weighted by Gasteiger charge is -2.22. The largest absolute Gasteiger partial charge is 0.507 e. The van der Waals surface area contributed by atoms with Crippen LogP contribution in [0.1, 0.15) is 38.8 Å². The van der Waals surface area contributed by atoms with E-state index in [1.54, 1.807) is 31.8 Å². The molecule has 0 radical (unpaired) electrons. The first-order valence-corrected chi connectivity index (χ1v) is 12.8. The van der Waals surface area contributed by atoms with E-state index < -0.39 is 17.8 Å². The van der Waals surface area contributed by atoms with Crippen molar-refractivity contribution in [2.24, 2.45) is 5.10 Å². The Hall–Kier alpha value is -3.99. The topological polar surface area (TPSA) is 97.1 Å². The minimum Gasteiger partial charge on any atom is -0.507 e. The van der Waals surface area contributed by atoms with Crippen molar-refractivity contribution in [3.8, 4) is 16.3 Å². The molecule has 1 aliphatic heterocycles. The highest BCUT2D eigenvalue weighted by molar-refractivity contribution is 7.17. The number of rotatable bonds is 9. The van der Waals surface area contributed by atoms with Gasteiger partial charge in [-0.1, -0.05) is 12.1 Å². The van der Waals surface area contributed by atoms with E-state index in [0.29, 0.717) is 36.0 Å². The zero-order valence-electron chi connectivity index (χ0n) is 20.6. The lowest BCUT2D eigenvalue weighted by Crippen LogP contribution is -2.27. The number of nitrogens with zero attached hydrogens (tertiary/aromatic N) is 4. The number of ether oxygens (including phenoxy) is 2. The number of hydrogen-bond acceptors (Lipinski definition) is 8. The highest BCUT2D eigenvalue weighted by atomic mass is 32.1. The molecule has 0 saturated heterocycles. The molecule has 3 aromatic heterocycles. The summed E-state index contributed by atoms with van der Waals surface area (Å²) in [7, 11) is 1.61. The summed E-state index contributed by atoms with van der Waals surface area (Å²) in [6.45, 7) is 1.26. The predicted octanol–water partition coefficient (Wildman–Crippen LogP) is 5.20. The number of phenols is 1. The molecule has 1 unspecified atom stereocenters. The first kappa shape index (κ1) is 25.7. The van der Waals surface area contributed by atoms with Crippen molar-refractivity contribution in [1.29, 1.82) is 0 Å². The van der Waals surface area contributed by atoms with Gasteiger partial charge >= 0.3 is 0 Å². The molecule has 0 bridgehead atoms. The Labute approximate surface area is 223 Å². The molecule has 4 aromatic rings. The number of pyridine rings is 2. The molecule has 4 heterocycles. The van der Waals surface area contributed by atoms with Gasteiger partial charge in [-0.25, -0.2) is 9.40 Å². The fraction of sp³-hybridized carbons (Fsp3) is 0.214. The molecule has 0 saturated carbocycles. The minimum absolute atomic E-state index is 0.0214. The van der Waals surface area contributed by atoms with Crippen LogP contribution < -0.4 is 0 Å². The maximum atomic E-state index is 15.0. The van der Waals surface area contributed by atoms with Crippen molar-refractivity contribution in [3.63, 3.8) is 0 Å². The van der Waals surface area contributed by atoms with Gasteiger partial charge in [-0.2, -0.15) is 5.10 Å². The number of halogens is 1. The Kier molecular flexibility index (Phi) is 7.83. The molecule has 194 valence electrons. The van der Waals surface area contributed by atoms with Crippen molar-refractivity contribution in [1.82, 2.24) is 15.0 Å². The van der Waals surface area contributed by atoms with E-state index in [-0.39, 0.29) is 17.7 Å². The van der Waals surface area contributed by atoms with Crippen LogP contribution in [-0.4, -0.2) is 52.0 Å². The number of carbonyl (C=O) groups is 1. The second-order valence-electron chi connectivity index (χ2n) is 8.60. The number of hydrogen-bond donors (Lipinski definition) is 1. The Morgan fingerprint density at radius 3 is 2.84 bits per heavy atom. The summed E-state index contributed by atoms with van der Waals surface area (Å²) in [5.74, 6) is -1.24. The summed E-state index contributed by atoms with van der Waals surface area (Å²) in [6.07, 6.45) is 5.23. The number of amides is 1. The standard InChI is InChI=1S/C28H25FN4O4S/c1-36-11-12-37-17-18-13-19(16-30-15-18)22-14-23(27-20(29)5-4-7-24(27)34)33(32-22)28(35)26-9-8-25(38-26)21-6-2-3-10-31-21/h2-10,13,15-16,23,34H,11-12,14,17H2,1H3. The second-order valence-corrected chi connectivity index (χ2v) is 9.68. The molecule has 0 aliphatic carbocycles. The third-order valence-corrected chi connectivity index (χ3v) is 7.14. The lowest BCUT2D eigenvalue weighted by atomic mass is 9.97. The van der Waals surface area contributed by atoms with Gasteiger partial charge in [0.1, 0.15) is 11.6 Å². The molecule has 1 aromatic carbocycles. The molecular weight excluding hydrogens is 507 g/mol. The number of benzene rings is 1. The minimum atomic E-state index is -0.833. The van der Waals surface area contributed by atoms with Crippen molar-refractivity contribution in [2.45, 2.75) is 19.1 Å². The van der Waals surface area contributed by atoms with E-state index in [1.165, 1.54) is 34.5 Å². The Morgan fingerprint density at radius 2 is 2.05 bits per heavy atom. The monoisotopic (exact) mass is 532 g/mol. The van der Waals surface area contributed by atoms with E-state index in [2.05, 4.69) is 15.1 Å². The van der Waals surface area contributed by atoms with Crippen LogP contribution in [0.5, 0.6) is 5.75 Å². The quantitative estimate of drug-likeness (QED) is 0.298. The molecule has 0 fully saturated rings.